The molecular formula is C17H15NOS. The highest BCUT2D eigenvalue weighted by Gasteiger charge is 2.19. The molecule has 0 saturated carbocycles. The molecule has 0 radical (unpaired) electrons. The highest BCUT2D eigenvalue weighted by atomic mass is 32.1. The number of aliphatic hydroxyl groups excluding tert-OH is 1. The second-order valence-corrected chi connectivity index (χ2v) is 5.72. The fraction of sp³-hybridized carbons (Fsp3) is 0.118. The largest absolute Gasteiger partial charge is 0.391 e. The summed E-state index contributed by atoms with van der Waals surface area (Å²) in [4.78, 5) is 5.40. The molecule has 0 fully saturated rings. The van der Waals surface area contributed by atoms with Crippen LogP contribution in [0.3, 0.4) is 0 Å². The molecule has 0 aliphatic carbocycles. The summed E-state index contributed by atoms with van der Waals surface area (Å²) in [6.45, 7) is 0.0496. The molecule has 3 heteroatoms. The lowest BCUT2D eigenvalue weighted by Crippen LogP contribution is -2.02. The van der Waals surface area contributed by atoms with Gasteiger partial charge in [0.05, 0.1) is 17.4 Å². The average molecular weight is 281 g/mol. The van der Waals surface area contributed by atoms with Crippen LogP contribution in [-0.4, -0.2) is 10.1 Å². The minimum absolute atomic E-state index is 0.0496. The van der Waals surface area contributed by atoms with Crippen molar-refractivity contribution in [1.82, 2.24) is 4.98 Å². The minimum atomic E-state index is 0.0496. The van der Waals surface area contributed by atoms with Crippen LogP contribution < -0.4 is 0 Å². The Hall–Kier alpha value is -1.97. The first kappa shape index (κ1) is 13.0. The number of thiazole rings is 1. The quantitative estimate of drug-likeness (QED) is 0.788. The van der Waals surface area contributed by atoms with Crippen molar-refractivity contribution in [2.75, 3.05) is 0 Å². The second kappa shape index (κ2) is 5.99. The van der Waals surface area contributed by atoms with Gasteiger partial charge in [0.25, 0.3) is 0 Å². The van der Waals surface area contributed by atoms with Gasteiger partial charge in [0.15, 0.2) is 0 Å². The third-order valence-electron chi connectivity index (χ3n) is 3.24. The Morgan fingerprint density at radius 1 is 0.900 bits per heavy atom. The zero-order chi connectivity index (χ0) is 13.8. The molecule has 100 valence electrons. The Kier molecular flexibility index (Phi) is 3.90. The summed E-state index contributed by atoms with van der Waals surface area (Å²) in [7, 11) is 0. The Morgan fingerprint density at radius 2 is 1.45 bits per heavy atom. The van der Waals surface area contributed by atoms with Gasteiger partial charge >= 0.3 is 0 Å². The summed E-state index contributed by atoms with van der Waals surface area (Å²) in [5.74, 6) is 0.127. The fourth-order valence-corrected chi connectivity index (χ4v) is 3.23. The molecule has 1 aromatic heterocycles. The predicted octanol–water partition coefficient (Wildman–Crippen LogP) is 3.82. The molecule has 0 amide bonds. The standard InChI is InChI=1S/C17H15NOS/c19-12-15-11-18-17(20-15)16(13-7-3-1-4-8-13)14-9-5-2-6-10-14/h1-11,16,19H,12H2. The molecule has 0 atom stereocenters. The van der Waals surface area contributed by atoms with Gasteiger partial charge in [-0.1, -0.05) is 60.7 Å². The maximum Gasteiger partial charge on any atom is 0.105 e. The highest BCUT2D eigenvalue weighted by molar-refractivity contribution is 7.11. The molecule has 0 saturated heterocycles. The lowest BCUT2D eigenvalue weighted by atomic mass is 9.92. The molecule has 1 heterocycles. The van der Waals surface area contributed by atoms with Crippen LogP contribution in [0.4, 0.5) is 0 Å². The van der Waals surface area contributed by atoms with Gasteiger partial charge < -0.3 is 5.11 Å². The average Bonchev–Trinajstić information content (AvgIpc) is 2.98. The van der Waals surface area contributed by atoms with E-state index >= 15 is 0 Å². The number of hydrogen-bond donors (Lipinski definition) is 1. The monoisotopic (exact) mass is 281 g/mol. The van der Waals surface area contributed by atoms with E-state index in [4.69, 9.17) is 0 Å². The predicted molar refractivity (Wildman–Crippen MR) is 81.9 cm³/mol. The van der Waals surface area contributed by atoms with E-state index in [1.807, 2.05) is 36.4 Å². The van der Waals surface area contributed by atoms with Crippen LogP contribution in [0.5, 0.6) is 0 Å². The topological polar surface area (TPSA) is 33.1 Å². The molecule has 2 aromatic carbocycles. The maximum absolute atomic E-state index is 9.24. The van der Waals surface area contributed by atoms with Crippen molar-refractivity contribution >= 4 is 11.3 Å². The summed E-state index contributed by atoms with van der Waals surface area (Å²) >= 11 is 1.57. The maximum atomic E-state index is 9.24. The Labute approximate surface area is 122 Å². The van der Waals surface area contributed by atoms with Crippen LogP contribution in [0.25, 0.3) is 0 Å². The van der Waals surface area contributed by atoms with Gasteiger partial charge in [-0.15, -0.1) is 11.3 Å². The fourth-order valence-electron chi connectivity index (χ4n) is 2.30. The normalized spacial score (nSPS) is 10.9. The van der Waals surface area contributed by atoms with Crippen molar-refractivity contribution in [3.63, 3.8) is 0 Å². The molecular weight excluding hydrogens is 266 g/mol. The number of nitrogens with zero attached hydrogens (tertiary/aromatic N) is 1. The van der Waals surface area contributed by atoms with Gasteiger partial charge in [0.1, 0.15) is 5.01 Å². The SMILES string of the molecule is OCc1cnc(C(c2ccccc2)c2ccccc2)s1. The molecule has 0 spiro atoms. The highest BCUT2D eigenvalue weighted by Crippen LogP contribution is 2.34. The van der Waals surface area contributed by atoms with E-state index in [1.165, 1.54) is 11.1 Å². The Morgan fingerprint density at radius 3 is 1.90 bits per heavy atom. The third kappa shape index (κ3) is 2.64. The van der Waals surface area contributed by atoms with Crippen molar-refractivity contribution in [3.05, 3.63) is 87.9 Å². The summed E-state index contributed by atoms with van der Waals surface area (Å²) in [6, 6.07) is 20.7. The molecule has 0 aliphatic heterocycles. The van der Waals surface area contributed by atoms with Gasteiger partial charge in [-0.3, -0.25) is 0 Å². The first-order valence-electron chi connectivity index (χ1n) is 6.54. The van der Waals surface area contributed by atoms with Crippen molar-refractivity contribution in [3.8, 4) is 0 Å². The second-order valence-electron chi connectivity index (χ2n) is 4.58. The van der Waals surface area contributed by atoms with Gasteiger partial charge in [-0.2, -0.15) is 0 Å². The van der Waals surface area contributed by atoms with Gasteiger partial charge in [-0.05, 0) is 11.1 Å². The van der Waals surface area contributed by atoms with E-state index in [1.54, 1.807) is 17.5 Å². The molecule has 0 unspecified atom stereocenters. The molecule has 2 nitrogen and oxygen atoms in total. The van der Waals surface area contributed by atoms with E-state index in [2.05, 4.69) is 29.2 Å². The number of hydrogen-bond acceptors (Lipinski definition) is 3. The summed E-state index contributed by atoms with van der Waals surface area (Å²) in [5.41, 5.74) is 2.44. The van der Waals surface area contributed by atoms with Crippen LogP contribution in [0, 0.1) is 0 Å². The van der Waals surface area contributed by atoms with E-state index in [-0.39, 0.29) is 12.5 Å². The van der Waals surface area contributed by atoms with Crippen molar-refractivity contribution in [2.24, 2.45) is 0 Å². The third-order valence-corrected chi connectivity index (χ3v) is 4.29. The van der Waals surface area contributed by atoms with Crippen molar-refractivity contribution in [2.45, 2.75) is 12.5 Å². The molecule has 0 aliphatic rings. The number of rotatable bonds is 4. The lowest BCUT2D eigenvalue weighted by molar-refractivity contribution is 0.285. The molecule has 20 heavy (non-hydrogen) atoms. The van der Waals surface area contributed by atoms with Gasteiger partial charge in [-0.25, -0.2) is 4.98 Å². The molecule has 3 aromatic rings. The minimum Gasteiger partial charge on any atom is -0.391 e. The first-order chi connectivity index (χ1) is 9.88. The zero-order valence-corrected chi connectivity index (χ0v) is 11.8. The van der Waals surface area contributed by atoms with Gasteiger partial charge in [0, 0.05) is 6.20 Å². The zero-order valence-electron chi connectivity index (χ0n) is 10.9. The van der Waals surface area contributed by atoms with Crippen LogP contribution in [0.15, 0.2) is 66.9 Å². The molecule has 1 N–H and O–H groups in total. The molecule has 3 rings (SSSR count). The summed E-state index contributed by atoms with van der Waals surface area (Å²) in [5, 5.41) is 10.3. The number of aromatic nitrogens is 1. The van der Waals surface area contributed by atoms with E-state index in [0.717, 1.165) is 9.88 Å². The van der Waals surface area contributed by atoms with Crippen LogP contribution in [0.2, 0.25) is 0 Å². The Bertz CT molecular complexity index is 624. The number of aliphatic hydroxyl groups is 1. The van der Waals surface area contributed by atoms with Crippen LogP contribution in [-0.2, 0) is 6.61 Å². The Balaban J connectivity index is 2.09. The van der Waals surface area contributed by atoms with Crippen LogP contribution in [0.1, 0.15) is 26.9 Å². The first-order valence-corrected chi connectivity index (χ1v) is 7.35. The smallest absolute Gasteiger partial charge is 0.105 e. The van der Waals surface area contributed by atoms with E-state index in [9.17, 15) is 5.11 Å². The van der Waals surface area contributed by atoms with Crippen molar-refractivity contribution in [1.29, 1.82) is 0 Å². The van der Waals surface area contributed by atoms with Gasteiger partial charge in [0.2, 0.25) is 0 Å². The van der Waals surface area contributed by atoms with Crippen molar-refractivity contribution < 1.29 is 5.11 Å². The summed E-state index contributed by atoms with van der Waals surface area (Å²) in [6.07, 6.45) is 1.76. The summed E-state index contributed by atoms with van der Waals surface area (Å²) < 4.78 is 0. The lowest BCUT2D eigenvalue weighted by Gasteiger charge is -2.15. The van der Waals surface area contributed by atoms with Crippen LogP contribution >= 0.6 is 11.3 Å². The van der Waals surface area contributed by atoms with E-state index in [0.29, 0.717) is 0 Å². The van der Waals surface area contributed by atoms with E-state index < -0.39 is 0 Å². The number of benzene rings is 2. The molecule has 0 bridgehead atoms.